The Morgan fingerprint density at radius 3 is 0.966 bits per heavy atom. The lowest BCUT2D eigenvalue weighted by molar-refractivity contribution is 0.282. The molecule has 0 amide bonds. The standard InChI is InChI=1S/C28H54O/c1-2-3-4-5-6-7-8-9-10-11-12-13-14-15-16-17-18-19-20-21-22-23-24-25-26-27-28-29/h9-10,18-19,29H,2-8,11-17,20-28H2,1H3. The van der Waals surface area contributed by atoms with Crippen LogP contribution in [0.15, 0.2) is 24.3 Å². The topological polar surface area (TPSA) is 20.2 Å². The summed E-state index contributed by atoms with van der Waals surface area (Å²) in [6.07, 6.45) is 39.1. The predicted molar refractivity (Wildman–Crippen MR) is 133 cm³/mol. The van der Waals surface area contributed by atoms with Crippen molar-refractivity contribution in [1.82, 2.24) is 0 Å². The molecule has 0 rings (SSSR count). The number of hydrogen-bond donors (Lipinski definition) is 1. The molecule has 1 N–H and O–H groups in total. The van der Waals surface area contributed by atoms with Crippen LogP contribution in [0.4, 0.5) is 0 Å². The van der Waals surface area contributed by atoms with E-state index in [0.717, 1.165) is 6.42 Å². The summed E-state index contributed by atoms with van der Waals surface area (Å²) >= 11 is 0. The van der Waals surface area contributed by atoms with E-state index in [1.165, 1.54) is 135 Å². The van der Waals surface area contributed by atoms with Crippen LogP contribution in [0.3, 0.4) is 0 Å². The van der Waals surface area contributed by atoms with Gasteiger partial charge in [-0.25, -0.2) is 0 Å². The minimum atomic E-state index is 0.363. The van der Waals surface area contributed by atoms with E-state index in [-0.39, 0.29) is 0 Å². The molecule has 1 heteroatoms. The first-order valence-electron chi connectivity index (χ1n) is 13.3. The summed E-state index contributed by atoms with van der Waals surface area (Å²) in [5, 5.41) is 8.74. The van der Waals surface area contributed by atoms with Gasteiger partial charge in [0, 0.05) is 6.61 Å². The highest BCUT2D eigenvalue weighted by Crippen LogP contribution is 2.11. The van der Waals surface area contributed by atoms with Crippen LogP contribution in [0.5, 0.6) is 0 Å². The highest BCUT2D eigenvalue weighted by Gasteiger charge is 1.92. The van der Waals surface area contributed by atoms with Crippen molar-refractivity contribution in [2.45, 2.75) is 148 Å². The molecule has 0 heterocycles. The minimum absolute atomic E-state index is 0.363. The molecule has 0 aromatic carbocycles. The predicted octanol–water partition coefficient (Wildman–Crippen LogP) is 9.69. The van der Waals surface area contributed by atoms with Crippen LogP contribution >= 0.6 is 0 Å². The zero-order valence-electron chi connectivity index (χ0n) is 20.0. The number of aliphatic hydroxyl groups excluding tert-OH is 1. The quantitative estimate of drug-likeness (QED) is 0.125. The molecule has 0 saturated carbocycles. The average molecular weight is 407 g/mol. The van der Waals surface area contributed by atoms with Gasteiger partial charge in [0.1, 0.15) is 0 Å². The van der Waals surface area contributed by atoms with E-state index in [1.807, 2.05) is 0 Å². The number of aliphatic hydroxyl groups is 1. The molecule has 0 atom stereocenters. The van der Waals surface area contributed by atoms with E-state index in [1.54, 1.807) is 0 Å². The summed E-state index contributed by atoms with van der Waals surface area (Å²) in [5.41, 5.74) is 0. The summed E-state index contributed by atoms with van der Waals surface area (Å²) in [6, 6.07) is 0. The molecule has 0 aromatic heterocycles. The molecule has 0 saturated heterocycles. The molecule has 0 aliphatic carbocycles. The number of rotatable bonds is 24. The lowest BCUT2D eigenvalue weighted by atomic mass is 10.1. The second-order valence-electron chi connectivity index (χ2n) is 8.83. The molecule has 0 radical (unpaired) electrons. The first-order chi connectivity index (χ1) is 14.4. The summed E-state index contributed by atoms with van der Waals surface area (Å²) in [7, 11) is 0. The Labute approximate surface area is 184 Å². The lowest BCUT2D eigenvalue weighted by Crippen LogP contribution is -1.84. The van der Waals surface area contributed by atoms with Gasteiger partial charge < -0.3 is 5.11 Å². The van der Waals surface area contributed by atoms with Crippen molar-refractivity contribution in [2.24, 2.45) is 0 Å². The molecule has 0 aliphatic heterocycles. The lowest BCUT2D eigenvalue weighted by Gasteiger charge is -2.00. The van der Waals surface area contributed by atoms with Gasteiger partial charge in [-0.15, -0.1) is 0 Å². The van der Waals surface area contributed by atoms with Crippen molar-refractivity contribution in [3.8, 4) is 0 Å². The van der Waals surface area contributed by atoms with Crippen LogP contribution in [0, 0.1) is 0 Å². The van der Waals surface area contributed by atoms with E-state index in [9.17, 15) is 0 Å². The second-order valence-corrected chi connectivity index (χ2v) is 8.83. The van der Waals surface area contributed by atoms with E-state index in [2.05, 4.69) is 31.2 Å². The highest BCUT2D eigenvalue weighted by atomic mass is 16.2. The highest BCUT2D eigenvalue weighted by molar-refractivity contribution is 4.82. The first kappa shape index (κ1) is 28.4. The van der Waals surface area contributed by atoms with Crippen LogP contribution in [0.2, 0.25) is 0 Å². The fraction of sp³-hybridized carbons (Fsp3) is 0.857. The molecule has 29 heavy (non-hydrogen) atoms. The summed E-state index contributed by atoms with van der Waals surface area (Å²) in [4.78, 5) is 0. The SMILES string of the molecule is CCCCCCCCC=CCCCCCCCC=CCCCCCCCCCO. The maximum absolute atomic E-state index is 8.74. The molecule has 1 nitrogen and oxygen atoms in total. The molecule has 0 bridgehead atoms. The molecular weight excluding hydrogens is 352 g/mol. The van der Waals surface area contributed by atoms with E-state index >= 15 is 0 Å². The molecular formula is C28H54O. The van der Waals surface area contributed by atoms with Gasteiger partial charge in [0.15, 0.2) is 0 Å². The Morgan fingerprint density at radius 2 is 0.655 bits per heavy atom. The Kier molecular flexibility index (Phi) is 26.9. The van der Waals surface area contributed by atoms with Crippen LogP contribution < -0.4 is 0 Å². The Balaban J connectivity index is 3.12. The maximum Gasteiger partial charge on any atom is 0.0431 e. The first-order valence-corrected chi connectivity index (χ1v) is 13.3. The van der Waals surface area contributed by atoms with Crippen LogP contribution in [-0.4, -0.2) is 11.7 Å². The monoisotopic (exact) mass is 406 g/mol. The molecule has 172 valence electrons. The van der Waals surface area contributed by atoms with Gasteiger partial charge in [0.2, 0.25) is 0 Å². The number of allylic oxidation sites excluding steroid dienone is 4. The van der Waals surface area contributed by atoms with Gasteiger partial charge in [-0.2, -0.15) is 0 Å². The molecule has 0 unspecified atom stereocenters. The summed E-state index contributed by atoms with van der Waals surface area (Å²) in [5.74, 6) is 0. The number of hydrogen-bond acceptors (Lipinski definition) is 1. The zero-order chi connectivity index (χ0) is 21.1. The van der Waals surface area contributed by atoms with Crippen molar-refractivity contribution < 1.29 is 5.11 Å². The Bertz CT molecular complexity index is 331. The van der Waals surface area contributed by atoms with Gasteiger partial charge >= 0.3 is 0 Å². The Morgan fingerprint density at radius 1 is 0.379 bits per heavy atom. The summed E-state index contributed by atoms with van der Waals surface area (Å²) in [6.45, 7) is 2.65. The van der Waals surface area contributed by atoms with Crippen molar-refractivity contribution >= 4 is 0 Å². The van der Waals surface area contributed by atoms with E-state index < -0.39 is 0 Å². The van der Waals surface area contributed by atoms with E-state index in [4.69, 9.17) is 5.11 Å². The molecule has 0 aliphatic rings. The fourth-order valence-electron chi connectivity index (χ4n) is 3.83. The molecule has 0 aromatic rings. The van der Waals surface area contributed by atoms with Gasteiger partial charge in [0.05, 0.1) is 0 Å². The largest absolute Gasteiger partial charge is 0.396 e. The smallest absolute Gasteiger partial charge is 0.0431 e. The second kappa shape index (κ2) is 27.4. The van der Waals surface area contributed by atoms with Gasteiger partial charge in [0.25, 0.3) is 0 Å². The zero-order valence-corrected chi connectivity index (χ0v) is 20.0. The van der Waals surface area contributed by atoms with Crippen LogP contribution in [0.25, 0.3) is 0 Å². The average Bonchev–Trinajstić information content (AvgIpc) is 2.74. The van der Waals surface area contributed by atoms with Crippen molar-refractivity contribution in [1.29, 1.82) is 0 Å². The third kappa shape index (κ3) is 27.4. The fourth-order valence-corrected chi connectivity index (χ4v) is 3.83. The van der Waals surface area contributed by atoms with Crippen molar-refractivity contribution in [2.75, 3.05) is 6.61 Å². The van der Waals surface area contributed by atoms with Gasteiger partial charge in [-0.05, 0) is 57.8 Å². The Hall–Kier alpha value is -0.560. The van der Waals surface area contributed by atoms with Crippen LogP contribution in [0.1, 0.15) is 148 Å². The molecule has 0 spiro atoms. The maximum atomic E-state index is 8.74. The third-order valence-corrected chi connectivity index (χ3v) is 5.83. The third-order valence-electron chi connectivity index (χ3n) is 5.83. The van der Waals surface area contributed by atoms with E-state index in [0.29, 0.717) is 6.61 Å². The minimum Gasteiger partial charge on any atom is -0.396 e. The van der Waals surface area contributed by atoms with Gasteiger partial charge in [-0.1, -0.05) is 115 Å². The normalized spacial score (nSPS) is 11.9. The van der Waals surface area contributed by atoms with Gasteiger partial charge in [-0.3, -0.25) is 0 Å². The van der Waals surface area contributed by atoms with Crippen molar-refractivity contribution in [3.05, 3.63) is 24.3 Å². The van der Waals surface area contributed by atoms with Crippen molar-refractivity contribution in [3.63, 3.8) is 0 Å². The van der Waals surface area contributed by atoms with Crippen LogP contribution in [-0.2, 0) is 0 Å². The number of unbranched alkanes of at least 4 members (excludes halogenated alkanes) is 19. The molecule has 0 fully saturated rings. The summed E-state index contributed by atoms with van der Waals surface area (Å²) < 4.78 is 0.